The number of hydrogen-bond donors (Lipinski definition) is 0. The van der Waals surface area contributed by atoms with Crippen LogP contribution in [0.5, 0.6) is 0 Å². The van der Waals surface area contributed by atoms with E-state index in [-0.39, 0.29) is 0 Å². The summed E-state index contributed by atoms with van der Waals surface area (Å²) in [4.78, 5) is 24.7. The molecule has 3 aromatic heterocycles. The van der Waals surface area contributed by atoms with E-state index in [0.29, 0.717) is 17.5 Å². The first-order chi connectivity index (χ1) is 25.7. The highest BCUT2D eigenvalue weighted by Gasteiger charge is 2.16. The molecule has 9 aromatic rings. The summed E-state index contributed by atoms with van der Waals surface area (Å²) in [6, 6.07) is 60.1. The van der Waals surface area contributed by atoms with Crippen LogP contribution >= 0.6 is 0 Å². The number of pyridine rings is 2. The van der Waals surface area contributed by atoms with Gasteiger partial charge in [0.05, 0.1) is 11.4 Å². The van der Waals surface area contributed by atoms with Crippen molar-refractivity contribution in [3.8, 4) is 78.9 Å². The molecule has 0 aliphatic carbocycles. The zero-order chi connectivity index (χ0) is 34.7. The second-order valence-corrected chi connectivity index (χ2v) is 12.6. The number of nitrogens with zero attached hydrogens (tertiary/aromatic N) is 5. The monoisotopic (exact) mass is 665 g/mol. The van der Waals surface area contributed by atoms with Crippen molar-refractivity contribution >= 4 is 10.8 Å². The van der Waals surface area contributed by atoms with E-state index >= 15 is 0 Å². The first kappa shape index (κ1) is 30.9. The summed E-state index contributed by atoms with van der Waals surface area (Å²) in [5, 5.41) is 2.21. The zero-order valence-corrected chi connectivity index (χ0v) is 28.1. The van der Waals surface area contributed by atoms with Crippen LogP contribution in [0.4, 0.5) is 0 Å². The van der Waals surface area contributed by atoms with Crippen molar-refractivity contribution in [2.45, 2.75) is 0 Å². The maximum atomic E-state index is 5.07. The van der Waals surface area contributed by atoms with Gasteiger partial charge in [0.15, 0.2) is 17.5 Å². The molecule has 0 unspecified atom stereocenters. The van der Waals surface area contributed by atoms with Gasteiger partial charge in [0.1, 0.15) is 0 Å². The summed E-state index contributed by atoms with van der Waals surface area (Å²) in [6.07, 6.45) is 3.85. The van der Waals surface area contributed by atoms with Crippen molar-refractivity contribution in [3.63, 3.8) is 0 Å². The van der Waals surface area contributed by atoms with Crippen molar-refractivity contribution in [3.05, 3.63) is 188 Å². The fourth-order valence-corrected chi connectivity index (χ4v) is 6.56. The summed E-state index contributed by atoms with van der Waals surface area (Å²) >= 11 is 0. The average molecular weight is 666 g/mol. The van der Waals surface area contributed by atoms with Crippen LogP contribution < -0.4 is 0 Å². The number of fused-ring (bicyclic) bond motifs is 1. The van der Waals surface area contributed by atoms with E-state index in [1.165, 1.54) is 0 Å². The van der Waals surface area contributed by atoms with Gasteiger partial charge in [0.25, 0.3) is 0 Å². The molecule has 9 rings (SSSR count). The molecule has 0 bridgehead atoms. The predicted octanol–water partition coefficient (Wildman–Crippen LogP) is 11.5. The minimum Gasteiger partial charge on any atom is -0.263 e. The van der Waals surface area contributed by atoms with Crippen molar-refractivity contribution in [1.29, 1.82) is 0 Å². The van der Waals surface area contributed by atoms with Gasteiger partial charge >= 0.3 is 0 Å². The van der Waals surface area contributed by atoms with Crippen molar-refractivity contribution in [2.75, 3.05) is 0 Å². The van der Waals surface area contributed by atoms with Gasteiger partial charge < -0.3 is 0 Å². The van der Waals surface area contributed by atoms with Gasteiger partial charge in [-0.05, 0) is 52.4 Å². The zero-order valence-electron chi connectivity index (χ0n) is 28.1. The molecule has 0 N–H and O–H groups in total. The van der Waals surface area contributed by atoms with Gasteiger partial charge in [-0.25, -0.2) is 19.9 Å². The fraction of sp³-hybridized carbons (Fsp3) is 0. The SMILES string of the molecule is c1ccc(-c2cccc(-c3ccc(-c4cc(-c5nc(-c6ccccc6)nc(-c6ccccc6)n5)cc(-c5cncc6ccccc56)c4)cc3)n2)cc1. The largest absolute Gasteiger partial charge is 0.263 e. The summed E-state index contributed by atoms with van der Waals surface area (Å²) < 4.78 is 0. The second-order valence-electron chi connectivity index (χ2n) is 12.6. The van der Waals surface area contributed by atoms with Gasteiger partial charge in [-0.1, -0.05) is 146 Å². The summed E-state index contributed by atoms with van der Waals surface area (Å²) in [7, 11) is 0. The van der Waals surface area contributed by atoms with Crippen LogP contribution in [0.3, 0.4) is 0 Å². The lowest BCUT2D eigenvalue weighted by molar-refractivity contribution is 1.07. The fourth-order valence-electron chi connectivity index (χ4n) is 6.56. The summed E-state index contributed by atoms with van der Waals surface area (Å²) in [6.45, 7) is 0. The molecular formula is C47H31N5. The third-order valence-corrected chi connectivity index (χ3v) is 9.20. The standard InChI is InChI=1S/C47H31N5/c1-4-13-33(14-5-1)43-21-12-22-44(49-43)34-25-23-32(24-26-34)38-27-39(42-31-48-30-37-19-10-11-20-41(37)42)29-40(28-38)47-51-45(35-15-6-2-7-16-35)50-46(52-47)36-17-8-3-9-18-36/h1-31H. The van der Waals surface area contributed by atoms with Crippen LogP contribution in [0.15, 0.2) is 188 Å². The van der Waals surface area contributed by atoms with E-state index in [1.807, 2.05) is 97.3 Å². The Bertz CT molecular complexity index is 2600. The van der Waals surface area contributed by atoms with Crippen LogP contribution in [-0.2, 0) is 0 Å². The number of rotatable bonds is 7. The molecule has 0 saturated carbocycles. The number of hydrogen-bond acceptors (Lipinski definition) is 5. The Hall–Kier alpha value is -7.11. The highest BCUT2D eigenvalue weighted by Crippen LogP contribution is 2.36. The van der Waals surface area contributed by atoms with E-state index in [4.69, 9.17) is 19.9 Å². The number of aromatic nitrogens is 5. The van der Waals surface area contributed by atoms with Gasteiger partial charge in [-0.3, -0.25) is 4.98 Å². The van der Waals surface area contributed by atoms with E-state index in [1.54, 1.807) is 0 Å². The quantitative estimate of drug-likeness (QED) is 0.169. The van der Waals surface area contributed by atoms with Crippen molar-refractivity contribution < 1.29 is 0 Å². The van der Waals surface area contributed by atoms with Crippen molar-refractivity contribution in [2.24, 2.45) is 0 Å². The molecule has 0 spiro atoms. The molecule has 0 radical (unpaired) electrons. The normalized spacial score (nSPS) is 11.1. The molecule has 0 amide bonds. The molecule has 3 heterocycles. The van der Waals surface area contributed by atoms with Crippen LogP contribution in [0.1, 0.15) is 0 Å². The minimum absolute atomic E-state index is 0.600. The van der Waals surface area contributed by atoms with Gasteiger partial charge in [0.2, 0.25) is 0 Å². The molecule has 0 atom stereocenters. The maximum absolute atomic E-state index is 5.07. The molecule has 0 aliphatic rings. The Morgan fingerprint density at radius 3 is 1.40 bits per heavy atom. The molecule has 6 aromatic carbocycles. The Morgan fingerprint density at radius 2 is 0.769 bits per heavy atom. The average Bonchev–Trinajstić information content (AvgIpc) is 3.24. The molecule has 5 heteroatoms. The maximum Gasteiger partial charge on any atom is 0.164 e. The molecule has 52 heavy (non-hydrogen) atoms. The topological polar surface area (TPSA) is 64.5 Å². The minimum atomic E-state index is 0.600. The molecule has 0 aliphatic heterocycles. The van der Waals surface area contributed by atoms with Gasteiger partial charge in [-0.2, -0.15) is 0 Å². The van der Waals surface area contributed by atoms with E-state index in [9.17, 15) is 0 Å². The molecular weight excluding hydrogens is 635 g/mol. The summed E-state index contributed by atoms with van der Waals surface area (Å²) in [5.41, 5.74) is 10.9. The summed E-state index contributed by atoms with van der Waals surface area (Å²) in [5.74, 6) is 1.85. The third kappa shape index (κ3) is 6.23. The lowest BCUT2D eigenvalue weighted by atomic mass is 9.93. The molecule has 0 fully saturated rings. The molecule has 0 saturated heterocycles. The highest BCUT2D eigenvalue weighted by atomic mass is 15.0. The van der Waals surface area contributed by atoms with Gasteiger partial charge in [-0.15, -0.1) is 0 Å². The Labute approximate surface area is 302 Å². The Kier molecular flexibility index (Phi) is 8.12. The van der Waals surface area contributed by atoms with Crippen molar-refractivity contribution in [1.82, 2.24) is 24.9 Å². The van der Waals surface area contributed by atoms with Gasteiger partial charge in [0, 0.05) is 51.2 Å². The Balaban J connectivity index is 1.20. The van der Waals surface area contributed by atoms with E-state index in [0.717, 1.165) is 72.2 Å². The lowest BCUT2D eigenvalue weighted by Gasteiger charge is -2.14. The van der Waals surface area contributed by atoms with E-state index in [2.05, 4.69) is 96.0 Å². The smallest absolute Gasteiger partial charge is 0.164 e. The molecule has 5 nitrogen and oxygen atoms in total. The van der Waals surface area contributed by atoms with Crippen LogP contribution in [0.25, 0.3) is 89.7 Å². The first-order valence-electron chi connectivity index (χ1n) is 17.2. The van der Waals surface area contributed by atoms with Crippen LogP contribution in [0, 0.1) is 0 Å². The van der Waals surface area contributed by atoms with E-state index < -0.39 is 0 Å². The lowest BCUT2D eigenvalue weighted by Crippen LogP contribution is -2.00. The predicted molar refractivity (Wildman–Crippen MR) is 211 cm³/mol. The second kappa shape index (κ2) is 13.7. The van der Waals surface area contributed by atoms with Crippen LogP contribution in [-0.4, -0.2) is 24.9 Å². The molecule has 244 valence electrons. The number of benzene rings is 6. The van der Waals surface area contributed by atoms with Crippen LogP contribution in [0.2, 0.25) is 0 Å². The highest BCUT2D eigenvalue weighted by molar-refractivity contribution is 5.97. The first-order valence-corrected chi connectivity index (χ1v) is 17.2. The Morgan fingerprint density at radius 1 is 0.288 bits per heavy atom. The third-order valence-electron chi connectivity index (χ3n) is 9.20.